The number of rotatable bonds is 5. The van der Waals surface area contributed by atoms with Crippen LogP contribution in [0.15, 0.2) is 0 Å². The van der Waals surface area contributed by atoms with Gasteiger partial charge in [0.05, 0.1) is 12.5 Å². The van der Waals surface area contributed by atoms with E-state index in [1.54, 1.807) is 0 Å². The van der Waals surface area contributed by atoms with E-state index in [1.807, 2.05) is 0 Å². The second-order valence-electron chi connectivity index (χ2n) is 9.75. The molecule has 6 heteroatoms. The fraction of sp³-hybridized carbons (Fsp3) is 0.857. The molecule has 0 aromatic rings. The van der Waals surface area contributed by atoms with Gasteiger partial charge >= 0.3 is 5.97 Å². The first-order chi connectivity index (χ1) is 12.8. The van der Waals surface area contributed by atoms with Crippen LogP contribution in [0.4, 0.5) is 0 Å². The van der Waals surface area contributed by atoms with E-state index in [2.05, 4.69) is 27.3 Å². The number of ether oxygens (including phenoxy) is 1. The first kappa shape index (κ1) is 19.2. The molecule has 0 heterocycles. The lowest BCUT2D eigenvalue weighted by atomic mass is 9.49. The normalized spacial score (nSPS) is 38.8. The summed E-state index contributed by atoms with van der Waals surface area (Å²) >= 11 is 3.97. The summed E-state index contributed by atoms with van der Waals surface area (Å²) in [4.78, 5) is 24.7. The van der Waals surface area contributed by atoms with Gasteiger partial charge in [0.1, 0.15) is 5.54 Å². The van der Waals surface area contributed by atoms with Gasteiger partial charge in [-0.3, -0.25) is 9.59 Å². The van der Waals surface area contributed by atoms with Gasteiger partial charge in [0.2, 0.25) is 0 Å². The molecule has 4 bridgehead atoms. The molecule has 0 saturated heterocycles. The molecule has 5 rings (SSSR count). The maximum Gasteiger partial charge on any atom is 0.306 e. The molecule has 0 spiro atoms. The van der Waals surface area contributed by atoms with Crippen molar-refractivity contribution in [3.05, 3.63) is 0 Å². The summed E-state index contributed by atoms with van der Waals surface area (Å²) in [5, 5.41) is 12.3. The quantitative estimate of drug-likeness (QED) is 0.521. The lowest BCUT2D eigenvalue weighted by Gasteiger charge is -2.60. The molecule has 5 aliphatic carbocycles. The van der Waals surface area contributed by atoms with Gasteiger partial charge < -0.3 is 10.1 Å². The second-order valence-corrected chi connectivity index (χ2v) is 11.4. The van der Waals surface area contributed by atoms with Crippen LogP contribution >= 0.6 is 15.9 Å². The summed E-state index contributed by atoms with van der Waals surface area (Å²) < 4.78 is 5.55. The van der Waals surface area contributed by atoms with Gasteiger partial charge in [0.25, 0.3) is 5.91 Å². The molecular weight excluding hydrogens is 408 g/mol. The molecule has 5 fully saturated rings. The van der Waals surface area contributed by atoms with Gasteiger partial charge in [0.15, 0.2) is 6.61 Å². The molecule has 2 unspecified atom stereocenters. The van der Waals surface area contributed by atoms with Crippen molar-refractivity contribution in [2.45, 2.75) is 86.9 Å². The Bertz CT molecular complexity index is 651. The van der Waals surface area contributed by atoms with Gasteiger partial charge in [-0.25, -0.2) is 0 Å². The number of carbonyl (C=O) groups excluding carboxylic acids is 2. The van der Waals surface area contributed by atoms with Gasteiger partial charge in [-0.15, -0.1) is 0 Å². The minimum Gasteiger partial charge on any atom is -0.456 e. The minimum atomic E-state index is -0.774. The smallest absolute Gasteiger partial charge is 0.306 e. The van der Waals surface area contributed by atoms with Crippen molar-refractivity contribution >= 4 is 27.8 Å². The molecule has 0 aliphatic heterocycles. The minimum absolute atomic E-state index is 0.0540. The number of halogens is 1. The predicted octanol–water partition coefficient (Wildman–Crippen LogP) is 4.00. The van der Waals surface area contributed by atoms with Crippen molar-refractivity contribution in [3.8, 4) is 6.07 Å². The number of nitrogens with one attached hydrogen (secondary N) is 1. The standard InChI is InChI=1S/C21H29BrN2O3/c22-20-9-15-6-16(10-20)8-19(7-15,13-20)11-18(26)27-12-17(25)24-21(14-23)4-2-1-3-5-21/h15-16H,1-13H2,(H,24,25). The average molecular weight is 437 g/mol. The fourth-order valence-electron chi connectivity index (χ4n) is 6.77. The van der Waals surface area contributed by atoms with E-state index >= 15 is 0 Å². The van der Waals surface area contributed by atoms with E-state index in [-0.39, 0.29) is 28.2 Å². The molecule has 1 amide bonds. The van der Waals surface area contributed by atoms with Gasteiger partial charge in [-0.2, -0.15) is 5.26 Å². The number of amides is 1. The van der Waals surface area contributed by atoms with E-state index in [9.17, 15) is 14.9 Å². The molecular formula is C21H29BrN2O3. The molecule has 148 valence electrons. The molecule has 5 saturated carbocycles. The number of esters is 1. The Morgan fingerprint density at radius 1 is 1.11 bits per heavy atom. The Morgan fingerprint density at radius 2 is 1.78 bits per heavy atom. The zero-order valence-electron chi connectivity index (χ0n) is 15.9. The summed E-state index contributed by atoms with van der Waals surface area (Å²) in [6.45, 7) is -0.273. The molecule has 27 heavy (non-hydrogen) atoms. The molecule has 0 radical (unpaired) electrons. The third-order valence-corrected chi connectivity index (χ3v) is 8.22. The number of hydrogen-bond donors (Lipinski definition) is 1. The van der Waals surface area contributed by atoms with Gasteiger partial charge in [-0.05, 0) is 68.6 Å². The zero-order chi connectivity index (χ0) is 19.1. The lowest BCUT2D eigenvalue weighted by molar-refractivity contribution is -0.155. The topological polar surface area (TPSA) is 79.2 Å². The van der Waals surface area contributed by atoms with Crippen LogP contribution in [0.25, 0.3) is 0 Å². The monoisotopic (exact) mass is 436 g/mol. The third kappa shape index (κ3) is 4.04. The van der Waals surface area contributed by atoms with Gasteiger partial charge in [-0.1, -0.05) is 35.2 Å². The Labute approximate surface area is 169 Å². The van der Waals surface area contributed by atoms with E-state index in [0.29, 0.717) is 19.3 Å². The number of nitriles is 1. The van der Waals surface area contributed by atoms with Crippen LogP contribution in [0, 0.1) is 28.6 Å². The molecule has 5 aliphatic rings. The third-order valence-electron chi connectivity index (χ3n) is 7.29. The molecule has 5 nitrogen and oxygen atoms in total. The maximum absolute atomic E-state index is 12.5. The summed E-state index contributed by atoms with van der Waals surface area (Å²) in [5.74, 6) is 0.833. The maximum atomic E-state index is 12.5. The number of carbonyl (C=O) groups is 2. The van der Waals surface area contributed by atoms with Gasteiger partial charge in [0, 0.05) is 4.32 Å². The zero-order valence-corrected chi connectivity index (χ0v) is 17.5. The van der Waals surface area contributed by atoms with Crippen LogP contribution in [0.2, 0.25) is 0 Å². The van der Waals surface area contributed by atoms with Crippen molar-refractivity contribution in [3.63, 3.8) is 0 Å². The first-order valence-corrected chi connectivity index (χ1v) is 11.2. The van der Waals surface area contributed by atoms with Crippen LogP contribution in [0.5, 0.6) is 0 Å². The summed E-state index contributed by atoms with van der Waals surface area (Å²) in [6.07, 6.45) is 11.9. The van der Waals surface area contributed by atoms with E-state index in [4.69, 9.17) is 4.74 Å². The highest BCUT2D eigenvalue weighted by Crippen LogP contribution is 2.65. The summed E-state index contributed by atoms with van der Waals surface area (Å²) in [7, 11) is 0. The SMILES string of the molecule is N#CC1(NC(=O)COC(=O)CC23CC4CC(CC(Br)(C4)C2)C3)CCCCC1. The van der Waals surface area contributed by atoms with Crippen LogP contribution in [-0.2, 0) is 14.3 Å². The first-order valence-electron chi connectivity index (χ1n) is 10.4. The largest absolute Gasteiger partial charge is 0.456 e. The van der Waals surface area contributed by atoms with Crippen LogP contribution in [-0.4, -0.2) is 28.3 Å². The highest BCUT2D eigenvalue weighted by atomic mass is 79.9. The summed E-state index contributed by atoms with van der Waals surface area (Å²) in [6, 6.07) is 2.27. The fourth-order valence-corrected chi connectivity index (χ4v) is 8.28. The van der Waals surface area contributed by atoms with Crippen molar-refractivity contribution in [1.29, 1.82) is 5.26 Å². The van der Waals surface area contributed by atoms with Crippen molar-refractivity contribution in [1.82, 2.24) is 5.32 Å². The molecule has 1 N–H and O–H groups in total. The molecule has 0 aromatic heterocycles. The van der Waals surface area contributed by atoms with Crippen LogP contribution in [0.3, 0.4) is 0 Å². The highest BCUT2D eigenvalue weighted by Gasteiger charge is 2.57. The number of nitrogens with zero attached hydrogens (tertiary/aromatic N) is 1. The Kier molecular flexibility index (Phi) is 5.03. The average Bonchev–Trinajstić information content (AvgIpc) is 2.58. The second kappa shape index (κ2) is 7.06. The summed E-state index contributed by atoms with van der Waals surface area (Å²) in [5.41, 5.74) is -0.720. The predicted molar refractivity (Wildman–Crippen MR) is 104 cm³/mol. The van der Waals surface area contributed by atoms with E-state index in [0.717, 1.165) is 50.4 Å². The van der Waals surface area contributed by atoms with Crippen molar-refractivity contribution < 1.29 is 14.3 Å². The van der Waals surface area contributed by atoms with E-state index < -0.39 is 5.54 Å². The number of alkyl halides is 1. The Morgan fingerprint density at radius 3 is 2.37 bits per heavy atom. The van der Waals surface area contributed by atoms with Crippen LogP contribution in [0.1, 0.15) is 77.0 Å². The molecule has 0 aromatic carbocycles. The van der Waals surface area contributed by atoms with Crippen molar-refractivity contribution in [2.75, 3.05) is 6.61 Å². The Hall–Kier alpha value is -1.09. The molecule has 2 atom stereocenters. The van der Waals surface area contributed by atoms with E-state index in [1.165, 1.54) is 19.3 Å². The van der Waals surface area contributed by atoms with Crippen molar-refractivity contribution in [2.24, 2.45) is 17.3 Å². The highest BCUT2D eigenvalue weighted by molar-refractivity contribution is 9.10. The lowest BCUT2D eigenvalue weighted by Crippen LogP contribution is -2.53. The Balaban J connectivity index is 1.29. The number of hydrogen-bond acceptors (Lipinski definition) is 4. The van der Waals surface area contributed by atoms with Crippen LogP contribution < -0.4 is 5.32 Å².